The van der Waals surface area contributed by atoms with Crippen LogP contribution in [0.4, 0.5) is 0 Å². The van der Waals surface area contributed by atoms with Crippen molar-refractivity contribution >= 4 is 38.0 Å². The lowest BCUT2D eigenvalue weighted by Crippen LogP contribution is -2.53. The van der Waals surface area contributed by atoms with E-state index < -0.39 is 10.0 Å². The Morgan fingerprint density at radius 1 is 1.11 bits per heavy atom. The van der Waals surface area contributed by atoms with Crippen molar-refractivity contribution in [1.82, 2.24) is 14.2 Å². The number of carbonyl (C=O) groups is 1. The van der Waals surface area contributed by atoms with Crippen LogP contribution in [0, 0.1) is 6.92 Å². The number of aromatic nitrogens is 1. The van der Waals surface area contributed by atoms with Gasteiger partial charge in [0.15, 0.2) is 5.78 Å². The van der Waals surface area contributed by atoms with Gasteiger partial charge < -0.3 is 4.98 Å². The van der Waals surface area contributed by atoms with Gasteiger partial charge in [0, 0.05) is 48.3 Å². The first-order chi connectivity index (χ1) is 13.4. The van der Waals surface area contributed by atoms with Crippen molar-refractivity contribution in [2.24, 2.45) is 0 Å². The van der Waals surface area contributed by atoms with Crippen LogP contribution in [-0.2, 0) is 10.0 Å². The third kappa shape index (κ3) is 3.30. The highest BCUT2D eigenvalue weighted by molar-refractivity contribution is 7.91. The minimum atomic E-state index is -3.43. The largest absolute Gasteiger partial charge is 0.358 e. The smallest absolute Gasteiger partial charge is 0.252 e. The summed E-state index contributed by atoms with van der Waals surface area (Å²) in [5.41, 5.74) is 2.57. The van der Waals surface area contributed by atoms with Gasteiger partial charge in [-0.15, -0.1) is 11.3 Å². The molecule has 0 aliphatic carbocycles. The summed E-state index contributed by atoms with van der Waals surface area (Å²) in [5.74, 6) is 0.0736. The fourth-order valence-corrected chi connectivity index (χ4v) is 6.40. The second-order valence-corrected chi connectivity index (χ2v) is 10.2. The fraction of sp³-hybridized carbons (Fsp3) is 0.350. The Morgan fingerprint density at radius 2 is 1.82 bits per heavy atom. The van der Waals surface area contributed by atoms with Crippen LogP contribution in [0.2, 0.25) is 0 Å². The quantitative estimate of drug-likeness (QED) is 0.648. The van der Waals surface area contributed by atoms with Crippen LogP contribution in [0.1, 0.15) is 23.0 Å². The molecule has 0 bridgehead atoms. The number of nitrogens with zero attached hydrogens (tertiary/aromatic N) is 2. The third-order valence-corrected chi connectivity index (χ3v) is 8.70. The molecule has 148 valence electrons. The Hall–Kier alpha value is -2.00. The molecule has 0 amide bonds. The third-order valence-electron chi connectivity index (χ3n) is 5.43. The summed E-state index contributed by atoms with van der Waals surface area (Å²) in [7, 11) is -3.43. The van der Waals surface area contributed by atoms with Gasteiger partial charge >= 0.3 is 0 Å². The minimum Gasteiger partial charge on any atom is -0.358 e. The number of aromatic amines is 1. The molecular formula is C20H23N3O3S2. The lowest BCUT2D eigenvalue weighted by atomic mass is 10.0. The second-order valence-electron chi connectivity index (χ2n) is 7.08. The molecule has 2 aromatic heterocycles. The highest BCUT2D eigenvalue weighted by Crippen LogP contribution is 2.26. The highest BCUT2D eigenvalue weighted by atomic mass is 32.2. The van der Waals surface area contributed by atoms with Gasteiger partial charge in [-0.2, -0.15) is 4.31 Å². The maximum Gasteiger partial charge on any atom is 0.252 e. The summed E-state index contributed by atoms with van der Waals surface area (Å²) in [6, 6.07) is 10.9. The molecule has 1 fully saturated rings. The zero-order valence-corrected chi connectivity index (χ0v) is 17.5. The van der Waals surface area contributed by atoms with E-state index in [0.717, 1.165) is 22.2 Å². The Balaban J connectivity index is 1.49. The number of nitrogens with one attached hydrogen (secondary N) is 1. The molecule has 1 aliphatic rings. The number of Topliss-reactive ketones (excluding diaryl/α,β-unsaturated/α-hetero) is 1. The topological polar surface area (TPSA) is 73.5 Å². The number of carbonyl (C=O) groups excluding carboxylic acids is 1. The van der Waals surface area contributed by atoms with Crippen molar-refractivity contribution in [3.05, 3.63) is 53.0 Å². The van der Waals surface area contributed by atoms with Gasteiger partial charge in [-0.1, -0.05) is 24.3 Å². The van der Waals surface area contributed by atoms with Crippen LogP contribution >= 0.6 is 11.3 Å². The normalized spacial score (nSPS) is 17.8. The molecule has 3 heterocycles. The van der Waals surface area contributed by atoms with E-state index in [1.807, 2.05) is 38.1 Å². The van der Waals surface area contributed by atoms with E-state index in [4.69, 9.17) is 0 Å². The molecule has 6 nitrogen and oxygen atoms in total. The average molecular weight is 418 g/mol. The predicted octanol–water partition coefficient (Wildman–Crippen LogP) is 3.12. The van der Waals surface area contributed by atoms with Gasteiger partial charge in [-0.3, -0.25) is 9.69 Å². The van der Waals surface area contributed by atoms with Crippen LogP contribution in [-0.4, -0.2) is 60.6 Å². The first-order valence-corrected chi connectivity index (χ1v) is 11.6. The number of sulfonamides is 1. The van der Waals surface area contributed by atoms with E-state index in [1.165, 1.54) is 15.6 Å². The molecule has 1 aromatic carbocycles. The standard InChI is InChI=1S/C20H23N3O3S2/c1-14-19(16-6-3-4-7-17(16)21-14)20(24)15(2)22-9-11-23(12-10-22)28(25,26)18-8-5-13-27-18/h3-8,13,15,21H,9-12H2,1-2H3/t15-/m1/s1. The molecule has 3 aromatic rings. The van der Waals surface area contributed by atoms with E-state index in [1.54, 1.807) is 17.5 Å². The lowest BCUT2D eigenvalue weighted by molar-refractivity contribution is 0.0783. The summed E-state index contributed by atoms with van der Waals surface area (Å²) in [4.78, 5) is 18.6. The van der Waals surface area contributed by atoms with Crippen molar-refractivity contribution in [3.8, 4) is 0 Å². The van der Waals surface area contributed by atoms with Gasteiger partial charge in [0.2, 0.25) is 0 Å². The number of piperazine rings is 1. The van der Waals surface area contributed by atoms with Gasteiger partial charge in [0.25, 0.3) is 10.0 Å². The van der Waals surface area contributed by atoms with Crippen molar-refractivity contribution in [1.29, 1.82) is 0 Å². The number of fused-ring (bicyclic) bond motifs is 1. The van der Waals surface area contributed by atoms with Crippen molar-refractivity contribution < 1.29 is 13.2 Å². The molecule has 0 unspecified atom stereocenters. The molecule has 4 rings (SSSR count). The Kier molecular flexibility index (Phi) is 5.13. The zero-order chi connectivity index (χ0) is 19.9. The number of rotatable bonds is 5. The molecule has 1 atom stereocenters. The molecule has 0 saturated carbocycles. The minimum absolute atomic E-state index is 0.0736. The summed E-state index contributed by atoms with van der Waals surface area (Å²) < 4.78 is 27.3. The van der Waals surface area contributed by atoms with Gasteiger partial charge in [-0.25, -0.2) is 8.42 Å². The summed E-state index contributed by atoms with van der Waals surface area (Å²) in [6.45, 7) is 5.70. The number of aryl methyl sites for hydroxylation is 1. The summed E-state index contributed by atoms with van der Waals surface area (Å²) in [5, 5.41) is 2.71. The van der Waals surface area contributed by atoms with Crippen molar-refractivity contribution in [2.45, 2.75) is 24.1 Å². The molecule has 1 saturated heterocycles. The monoisotopic (exact) mass is 417 g/mol. The number of hydrogen-bond acceptors (Lipinski definition) is 5. The van der Waals surface area contributed by atoms with Crippen LogP contribution in [0.25, 0.3) is 10.9 Å². The lowest BCUT2D eigenvalue weighted by Gasteiger charge is -2.36. The van der Waals surface area contributed by atoms with Gasteiger partial charge in [0.1, 0.15) is 4.21 Å². The van der Waals surface area contributed by atoms with E-state index in [2.05, 4.69) is 9.88 Å². The number of ketones is 1. The number of benzene rings is 1. The molecular weight excluding hydrogens is 394 g/mol. The SMILES string of the molecule is Cc1[nH]c2ccccc2c1C(=O)[C@@H](C)N1CCN(S(=O)(=O)c2cccs2)CC1. The van der Waals surface area contributed by atoms with E-state index in [-0.39, 0.29) is 11.8 Å². The fourth-order valence-electron chi connectivity index (χ4n) is 3.84. The Morgan fingerprint density at radius 3 is 2.50 bits per heavy atom. The van der Waals surface area contributed by atoms with E-state index in [0.29, 0.717) is 30.4 Å². The Bertz CT molecular complexity index is 1100. The molecule has 28 heavy (non-hydrogen) atoms. The van der Waals surface area contributed by atoms with Gasteiger partial charge in [0.05, 0.1) is 6.04 Å². The molecule has 1 aliphatic heterocycles. The number of para-hydroxylation sites is 1. The van der Waals surface area contributed by atoms with Crippen molar-refractivity contribution in [3.63, 3.8) is 0 Å². The first-order valence-electron chi connectivity index (χ1n) is 9.29. The Labute approximate surface area is 168 Å². The predicted molar refractivity (Wildman–Crippen MR) is 111 cm³/mol. The number of H-pyrrole nitrogens is 1. The van der Waals surface area contributed by atoms with Crippen LogP contribution < -0.4 is 0 Å². The molecule has 0 radical (unpaired) electrons. The molecule has 1 N–H and O–H groups in total. The average Bonchev–Trinajstić information content (AvgIpc) is 3.34. The maximum absolute atomic E-state index is 13.2. The zero-order valence-electron chi connectivity index (χ0n) is 15.9. The van der Waals surface area contributed by atoms with Crippen LogP contribution in [0.5, 0.6) is 0 Å². The summed E-state index contributed by atoms with van der Waals surface area (Å²) in [6.07, 6.45) is 0. The van der Waals surface area contributed by atoms with Gasteiger partial charge in [-0.05, 0) is 31.4 Å². The molecule has 0 spiro atoms. The maximum atomic E-state index is 13.2. The molecule has 8 heteroatoms. The van der Waals surface area contributed by atoms with Crippen molar-refractivity contribution in [2.75, 3.05) is 26.2 Å². The number of thiophene rings is 1. The highest BCUT2D eigenvalue weighted by Gasteiger charge is 2.33. The van der Waals surface area contributed by atoms with Crippen LogP contribution in [0.15, 0.2) is 46.0 Å². The summed E-state index contributed by atoms with van der Waals surface area (Å²) >= 11 is 1.24. The number of hydrogen-bond donors (Lipinski definition) is 1. The second kappa shape index (κ2) is 7.44. The first kappa shape index (κ1) is 19.3. The van der Waals surface area contributed by atoms with E-state index >= 15 is 0 Å². The van der Waals surface area contributed by atoms with E-state index in [9.17, 15) is 13.2 Å². The van der Waals surface area contributed by atoms with Crippen LogP contribution in [0.3, 0.4) is 0 Å².